The van der Waals surface area contributed by atoms with Crippen LogP contribution in [0.1, 0.15) is 18.4 Å². The largest absolute Gasteiger partial charge is 0.345 e. The number of amides is 1. The van der Waals surface area contributed by atoms with Crippen molar-refractivity contribution in [2.75, 3.05) is 20.1 Å². The van der Waals surface area contributed by atoms with Gasteiger partial charge in [0.1, 0.15) is 5.82 Å². The molecular formula is C20H21FN2O3S. The Bertz CT molecular complexity index is 917. The van der Waals surface area contributed by atoms with Gasteiger partial charge >= 0.3 is 0 Å². The Hall–Kier alpha value is -2.69. The molecule has 0 bridgehead atoms. The van der Waals surface area contributed by atoms with E-state index in [4.69, 9.17) is 0 Å². The number of carbonyl (C=O) groups excluding carboxylic acids is 1. The van der Waals surface area contributed by atoms with Gasteiger partial charge in [0.15, 0.2) is 0 Å². The molecule has 0 aliphatic heterocycles. The third-order valence-corrected chi connectivity index (χ3v) is 5.65. The number of benzene rings is 2. The van der Waals surface area contributed by atoms with E-state index in [0.717, 1.165) is 22.0 Å². The minimum atomic E-state index is -3.69. The fourth-order valence-corrected chi connectivity index (χ4v) is 3.48. The molecule has 2 rings (SSSR count). The summed E-state index contributed by atoms with van der Waals surface area (Å²) in [6.07, 6.45) is 0.561. The Morgan fingerprint density at radius 1 is 1.11 bits per heavy atom. The normalized spacial score (nSPS) is 10.9. The van der Waals surface area contributed by atoms with Gasteiger partial charge in [-0.3, -0.25) is 4.79 Å². The number of hydrogen-bond acceptors (Lipinski definition) is 3. The Balaban J connectivity index is 1.74. The van der Waals surface area contributed by atoms with Crippen molar-refractivity contribution in [2.45, 2.75) is 17.7 Å². The van der Waals surface area contributed by atoms with E-state index in [2.05, 4.69) is 17.2 Å². The zero-order valence-corrected chi connectivity index (χ0v) is 15.8. The summed E-state index contributed by atoms with van der Waals surface area (Å²) in [7, 11) is -2.26. The van der Waals surface area contributed by atoms with Gasteiger partial charge in [0.2, 0.25) is 15.9 Å². The molecule has 1 amide bonds. The highest BCUT2D eigenvalue weighted by atomic mass is 32.2. The second-order valence-electron chi connectivity index (χ2n) is 5.83. The first kappa shape index (κ1) is 20.6. The first-order chi connectivity index (χ1) is 12.9. The summed E-state index contributed by atoms with van der Waals surface area (Å²) < 4.78 is 38.8. The first-order valence-electron chi connectivity index (χ1n) is 8.42. The van der Waals surface area contributed by atoms with Gasteiger partial charge in [-0.1, -0.05) is 30.0 Å². The van der Waals surface area contributed by atoms with Crippen molar-refractivity contribution in [2.24, 2.45) is 0 Å². The van der Waals surface area contributed by atoms with Crippen LogP contribution >= 0.6 is 0 Å². The molecule has 0 atom stereocenters. The number of nitrogens with zero attached hydrogens (tertiary/aromatic N) is 1. The number of rotatable bonds is 7. The lowest BCUT2D eigenvalue weighted by Crippen LogP contribution is -2.29. The van der Waals surface area contributed by atoms with E-state index in [-0.39, 0.29) is 30.3 Å². The Labute approximate surface area is 159 Å². The van der Waals surface area contributed by atoms with Crippen LogP contribution in [0.25, 0.3) is 0 Å². The van der Waals surface area contributed by atoms with E-state index in [1.807, 2.05) is 30.3 Å². The van der Waals surface area contributed by atoms with E-state index in [0.29, 0.717) is 6.42 Å². The zero-order chi connectivity index (χ0) is 19.7. The molecule has 0 spiro atoms. The highest BCUT2D eigenvalue weighted by molar-refractivity contribution is 7.89. The fraction of sp³-hybridized carbons (Fsp3) is 0.250. The molecular weight excluding hydrogens is 367 g/mol. The molecule has 27 heavy (non-hydrogen) atoms. The average molecular weight is 388 g/mol. The van der Waals surface area contributed by atoms with E-state index in [1.54, 1.807) is 0 Å². The summed E-state index contributed by atoms with van der Waals surface area (Å²) in [6.45, 7) is 0.417. The predicted molar refractivity (Wildman–Crippen MR) is 102 cm³/mol. The van der Waals surface area contributed by atoms with E-state index in [9.17, 15) is 17.6 Å². The summed E-state index contributed by atoms with van der Waals surface area (Å²) >= 11 is 0. The van der Waals surface area contributed by atoms with Crippen LogP contribution in [0.3, 0.4) is 0 Å². The molecule has 1 N–H and O–H groups in total. The van der Waals surface area contributed by atoms with Crippen LogP contribution in [0.4, 0.5) is 4.39 Å². The van der Waals surface area contributed by atoms with Gasteiger partial charge in [-0.2, -0.15) is 0 Å². The first-order valence-corrected chi connectivity index (χ1v) is 9.86. The van der Waals surface area contributed by atoms with Crippen LogP contribution in [0.15, 0.2) is 59.5 Å². The maximum atomic E-state index is 12.9. The van der Waals surface area contributed by atoms with Gasteiger partial charge < -0.3 is 5.32 Å². The quantitative estimate of drug-likeness (QED) is 0.741. The molecule has 7 heteroatoms. The molecule has 142 valence electrons. The molecule has 0 fully saturated rings. The Kier molecular flexibility index (Phi) is 7.53. The second-order valence-corrected chi connectivity index (χ2v) is 7.87. The number of nitrogens with one attached hydrogen (secondary N) is 1. The summed E-state index contributed by atoms with van der Waals surface area (Å²) in [5, 5.41) is 2.68. The number of halogens is 1. The molecule has 2 aromatic rings. The van der Waals surface area contributed by atoms with E-state index < -0.39 is 15.8 Å². The van der Waals surface area contributed by atoms with Crippen molar-refractivity contribution in [3.8, 4) is 11.8 Å². The highest BCUT2D eigenvalue weighted by Gasteiger charge is 2.20. The molecule has 0 unspecified atom stereocenters. The summed E-state index contributed by atoms with van der Waals surface area (Å²) in [4.78, 5) is 11.8. The van der Waals surface area contributed by atoms with Crippen LogP contribution in [-0.4, -0.2) is 38.8 Å². The van der Waals surface area contributed by atoms with Crippen LogP contribution in [-0.2, 0) is 14.8 Å². The SMILES string of the molecule is CN(CCCC(=O)NCC#Cc1ccccc1)S(=O)(=O)c1ccc(F)cc1. The molecule has 0 heterocycles. The average Bonchev–Trinajstić information content (AvgIpc) is 2.66. The smallest absolute Gasteiger partial charge is 0.242 e. The fourth-order valence-electron chi connectivity index (χ4n) is 2.27. The molecule has 2 aromatic carbocycles. The van der Waals surface area contributed by atoms with Gasteiger partial charge in [0.25, 0.3) is 0 Å². The highest BCUT2D eigenvalue weighted by Crippen LogP contribution is 2.15. The molecule has 0 radical (unpaired) electrons. The van der Waals surface area contributed by atoms with Gasteiger partial charge in [-0.05, 0) is 42.8 Å². The number of hydrogen-bond donors (Lipinski definition) is 1. The van der Waals surface area contributed by atoms with Crippen molar-refractivity contribution in [3.63, 3.8) is 0 Å². The monoisotopic (exact) mass is 388 g/mol. The predicted octanol–water partition coefficient (Wildman–Crippen LogP) is 2.39. The standard InChI is InChI=1S/C20H21FN2O3S/c1-23(27(25,26)19-13-11-18(21)12-14-19)16-6-10-20(24)22-15-5-9-17-7-3-2-4-8-17/h2-4,7-8,11-14H,6,10,15-16H2,1H3,(H,22,24). The maximum Gasteiger partial charge on any atom is 0.242 e. The minimum Gasteiger partial charge on any atom is -0.345 e. The second kappa shape index (κ2) is 9.86. The van der Waals surface area contributed by atoms with Gasteiger partial charge in [0.05, 0.1) is 11.4 Å². The van der Waals surface area contributed by atoms with Crippen LogP contribution in [0.5, 0.6) is 0 Å². The maximum absolute atomic E-state index is 12.9. The molecule has 0 aliphatic rings. The molecule has 0 saturated carbocycles. The lowest BCUT2D eigenvalue weighted by Gasteiger charge is -2.17. The van der Waals surface area contributed by atoms with Crippen LogP contribution in [0, 0.1) is 17.7 Å². The van der Waals surface area contributed by atoms with Crippen molar-refractivity contribution < 1.29 is 17.6 Å². The van der Waals surface area contributed by atoms with Gasteiger partial charge in [0, 0.05) is 25.6 Å². The molecule has 0 aromatic heterocycles. The Morgan fingerprint density at radius 2 is 1.78 bits per heavy atom. The van der Waals surface area contributed by atoms with Crippen molar-refractivity contribution in [1.82, 2.24) is 9.62 Å². The zero-order valence-electron chi connectivity index (χ0n) is 15.0. The summed E-state index contributed by atoms with van der Waals surface area (Å²) in [5.74, 6) is 5.11. The van der Waals surface area contributed by atoms with Crippen LogP contribution < -0.4 is 5.32 Å². The van der Waals surface area contributed by atoms with Gasteiger partial charge in [-0.15, -0.1) is 0 Å². The van der Waals surface area contributed by atoms with E-state index in [1.165, 1.54) is 19.2 Å². The van der Waals surface area contributed by atoms with Crippen LogP contribution in [0.2, 0.25) is 0 Å². The molecule has 5 nitrogen and oxygen atoms in total. The third kappa shape index (κ3) is 6.51. The number of sulfonamides is 1. The topological polar surface area (TPSA) is 66.5 Å². The minimum absolute atomic E-state index is 0.0204. The van der Waals surface area contributed by atoms with Crippen molar-refractivity contribution in [3.05, 3.63) is 66.0 Å². The lowest BCUT2D eigenvalue weighted by atomic mass is 10.2. The summed E-state index contributed by atoms with van der Waals surface area (Å²) in [5.41, 5.74) is 0.874. The molecule has 0 aliphatic carbocycles. The summed E-state index contributed by atoms with van der Waals surface area (Å²) in [6, 6.07) is 14.1. The van der Waals surface area contributed by atoms with Gasteiger partial charge in [-0.25, -0.2) is 17.1 Å². The molecule has 0 saturated heterocycles. The van der Waals surface area contributed by atoms with Crippen molar-refractivity contribution >= 4 is 15.9 Å². The van der Waals surface area contributed by atoms with E-state index >= 15 is 0 Å². The van der Waals surface area contributed by atoms with Crippen molar-refractivity contribution in [1.29, 1.82) is 0 Å². The Morgan fingerprint density at radius 3 is 2.44 bits per heavy atom. The lowest BCUT2D eigenvalue weighted by molar-refractivity contribution is -0.120. The number of carbonyl (C=O) groups is 1. The third-order valence-electron chi connectivity index (χ3n) is 3.78.